The zero-order valence-electron chi connectivity index (χ0n) is 18.4. The Morgan fingerprint density at radius 3 is 2.62 bits per heavy atom. The second kappa shape index (κ2) is 10.9. The van der Waals surface area contributed by atoms with E-state index >= 15 is 0 Å². The van der Waals surface area contributed by atoms with Crippen LogP contribution < -0.4 is 14.8 Å². The molecule has 2 aromatic carbocycles. The average molecular weight is 496 g/mol. The van der Waals surface area contributed by atoms with E-state index in [2.05, 4.69) is 15.3 Å². The predicted molar refractivity (Wildman–Crippen MR) is 131 cm³/mol. The number of benzene rings is 2. The minimum Gasteiger partial charge on any atom is -0.493 e. The summed E-state index contributed by atoms with van der Waals surface area (Å²) in [4.78, 5) is 34.4. The summed E-state index contributed by atoms with van der Waals surface area (Å²) >= 11 is 2.55. The number of methoxy groups -OCH3 is 1. The Balaban J connectivity index is 1.54. The molecule has 2 heterocycles. The molecule has 1 N–H and O–H groups in total. The summed E-state index contributed by atoms with van der Waals surface area (Å²) < 4.78 is 16.3. The molecule has 4 aromatic rings. The monoisotopic (exact) mass is 495 g/mol. The molecule has 0 aliphatic carbocycles. The molecule has 0 atom stereocenters. The number of carbonyl (C=O) groups is 2. The molecule has 8 nitrogen and oxygen atoms in total. The first-order chi connectivity index (χ1) is 16.6. The fourth-order valence-corrected chi connectivity index (χ4v) is 4.48. The first-order valence-electron chi connectivity index (χ1n) is 10.3. The number of thiazole rings is 2. The summed E-state index contributed by atoms with van der Waals surface area (Å²) in [5, 5.41) is 4.95. The first kappa shape index (κ1) is 23.4. The van der Waals surface area contributed by atoms with Gasteiger partial charge in [-0.15, -0.1) is 11.3 Å². The largest absolute Gasteiger partial charge is 0.493 e. The molecule has 0 aliphatic heterocycles. The molecule has 0 fully saturated rings. The topological polar surface area (TPSA) is 99.6 Å². The minimum absolute atomic E-state index is 0.239. The van der Waals surface area contributed by atoms with Crippen LogP contribution >= 0.6 is 22.7 Å². The summed E-state index contributed by atoms with van der Waals surface area (Å²) in [7, 11) is 1.51. The highest BCUT2D eigenvalue weighted by atomic mass is 32.1. The van der Waals surface area contributed by atoms with E-state index in [1.807, 2.05) is 35.7 Å². The molecule has 0 bridgehead atoms. The van der Waals surface area contributed by atoms with Gasteiger partial charge in [0, 0.05) is 16.5 Å². The van der Waals surface area contributed by atoms with Crippen molar-refractivity contribution in [2.24, 2.45) is 0 Å². The third-order valence-corrected chi connectivity index (χ3v) is 6.23. The Bertz CT molecular complexity index is 1270. The molecule has 0 aliphatic rings. The van der Waals surface area contributed by atoms with E-state index in [1.54, 1.807) is 30.6 Å². The standard InChI is InChI=1S/C24H21N3O5S2/c1-3-31-23(29)21-20(15-7-5-4-6-8-15)26-24(34-21)27-22(28)16-9-10-18(19(11-16)30-2)32-12-17-13-33-14-25-17/h4-11,13-14H,3,12H2,1-2H3,(H,26,27,28). The highest BCUT2D eigenvalue weighted by molar-refractivity contribution is 7.18. The van der Waals surface area contributed by atoms with Gasteiger partial charge in [0.1, 0.15) is 11.5 Å². The Labute approximate surface area is 204 Å². The molecular formula is C24H21N3O5S2. The fourth-order valence-electron chi connectivity index (χ4n) is 3.06. The number of hydrogen-bond acceptors (Lipinski definition) is 9. The van der Waals surface area contributed by atoms with Crippen LogP contribution in [0.2, 0.25) is 0 Å². The first-order valence-corrected chi connectivity index (χ1v) is 12.1. The number of rotatable bonds is 9. The van der Waals surface area contributed by atoms with Crippen LogP contribution in [-0.4, -0.2) is 35.6 Å². The van der Waals surface area contributed by atoms with Gasteiger partial charge in [0.25, 0.3) is 5.91 Å². The number of hydrogen-bond donors (Lipinski definition) is 1. The maximum Gasteiger partial charge on any atom is 0.350 e. The van der Waals surface area contributed by atoms with Crippen LogP contribution in [0.25, 0.3) is 11.3 Å². The molecule has 0 saturated carbocycles. The summed E-state index contributed by atoms with van der Waals surface area (Å²) in [6, 6.07) is 14.2. The minimum atomic E-state index is -0.484. The number of aromatic nitrogens is 2. The number of anilines is 1. The molecular weight excluding hydrogens is 474 g/mol. The van der Waals surface area contributed by atoms with Crippen LogP contribution in [0, 0.1) is 0 Å². The summed E-state index contributed by atoms with van der Waals surface area (Å²) in [5.41, 5.74) is 4.11. The van der Waals surface area contributed by atoms with E-state index in [0.717, 1.165) is 22.6 Å². The Hall–Kier alpha value is -3.76. The van der Waals surface area contributed by atoms with Crippen molar-refractivity contribution >= 4 is 39.7 Å². The van der Waals surface area contributed by atoms with Gasteiger partial charge in [-0.1, -0.05) is 41.7 Å². The molecule has 0 unspecified atom stereocenters. The number of ether oxygens (including phenoxy) is 3. The van der Waals surface area contributed by atoms with Gasteiger partial charge in [0.05, 0.1) is 30.6 Å². The van der Waals surface area contributed by atoms with Gasteiger partial charge >= 0.3 is 5.97 Å². The van der Waals surface area contributed by atoms with Crippen molar-refractivity contribution < 1.29 is 23.8 Å². The third kappa shape index (κ3) is 5.41. The molecule has 4 rings (SSSR count). The SMILES string of the molecule is CCOC(=O)c1sc(NC(=O)c2ccc(OCc3cscn3)c(OC)c2)nc1-c1ccccc1. The van der Waals surface area contributed by atoms with Gasteiger partial charge in [-0.2, -0.15) is 0 Å². The molecule has 0 saturated heterocycles. The molecule has 2 aromatic heterocycles. The maximum atomic E-state index is 12.9. The molecule has 34 heavy (non-hydrogen) atoms. The Morgan fingerprint density at radius 2 is 1.91 bits per heavy atom. The van der Waals surface area contributed by atoms with Crippen molar-refractivity contribution in [1.29, 1.82) is 0 Å². The highest BCUT2D eigenvalue weighted by Gasteiger charge is 2.22. The molecule has 0 radical (unpaired) electrons. The average Bonchev–Trinajstić information content (AvgIpc) is 3.53. The van der Waals surface area contributed by atoms with Gasteiger partial charge in [0.2, 0.25) is 0 Å². The zero-order valence-corrected chi connectivity index (χ0v) is 20.1. The van der Waals surface area contributed by atoms with Crippen LogP contribution in [0.1, 0.15) is 32.6 Å². The van der Waals surface area contributed by atoms with Crippen molar-refractivity contribution in [2.45, 2.75) is 13.5 Å². The molecule has 10 heteroatoms. The van der Waals surface area contributed by atoms with Gasteiger partial charge < -0.3 is 14.2 Å². The van der Waals surface area contributed by atoms with Gasteiger partial charge in [-0.3, -0.25) is 10.1 Å². The van der Waals surface area contributed by atoms with Crippen LogP contribution in [0.15, 0.2) is 59.4 Å². The number of amides is 1. The lowest BCUT2D eigenvalue weighted by Crippen LogP contribution is -2.12. The van der Waals surface area contributed by atoms with Crippen LogP contribution in [-0.2, 0) is 11.3 Å². The lowest BCUT2D eigenvalue weighted by Gasteiger charge is -2.11. The van der Waals surface area contributed by atoms with Crippen molar-refractivity contribution in [3.63, 3.8) is 0 Å². The number of nitrogens with one attached hydrogen (secondary N) is 1. The van der Waals surface area contributed by atoms with Crippen molar-refractivity contribution in [3.8, 4) is 22.8 Å². The number of esters is 1. The van der Waals surface area contributed by atoms with Crippen LogP contribution in [0.3, 0.4) is 0 Å². The van der Waals surface area contributed by atoms with E-state index in [1.165, 1.54) is 18.4 Å². The predicted octanol–water partition coefficient (Wildman–Crippen LogP) is 5.28. The summed E-state index contributed by atoms with van der Waals surface area (Å²) in [6.45, 7) is 2.27. The van der Waals surface area contributed by atoms with Crippen molar-refractivity contribution in [1.82, 2.24) is 9.97 Å². The third-order valence-electron chi connectivity index (χ3n) is 4.64. The quantitative estimate of drug-likeness (QED) is 0.315. The normalized spacial score (nSPS) is 10.5. The smallest absolute Gasteiger partial charge is 0.350 e. The second-order valence-corrected chi connectivity index (χ2v) is 8.59. The lowest BCUT2D eigenvalue weighted by molar-refractivity contribution is 0.0532. The molecule has 1 amide bonds. The fraction of sp³-hybridized carbons (Fsp3) is 0.167. The van der Waals surface area contributed by atoms with E-state index in [0.29, 0.717) is 34.2 Å². The van der Waals surface area contributed by atoms with Crippen molar-refractivity contribution in [2.75, 3.05) is 19.0 Å². The Morgan fingerprint density at radius 1 is 1.09 bits per heavy atom. The van der Waals surface area contributed by atoms with Crippen molar-refractivity contribution in [3.05, 3.63) is 75.6 Å². The van der Waals surface area contributed by atoms with E-state index in [9.17, 15) is 9.59 Å². The molecule has 0 spiro atoms. The molecule has 174 valence electrons. The van der Waals surface area contributed by atoms with Crippen LogP contribution in [0.4, 0.5) is 5.13 Å². The van der Waals surface area contributed by atoms with Gasteiger partial charge in [-0.25, -0.2) is 14.8 Å². The van der Waals surface area contributed by atoms with Gasteiger partial charge in [0.15, 0.2) is 16.6 Å². The zero-order chi connectivity index (χ0) is 23.9. The van der Waals surface area contributed by atoms with E-state index < -0.39 is 11.9 Å². The van der Waals surface area contributed by atoms with E-state index in [4.69, 9.17) is 14.2 Å². The summed E-state index contributed by atoms with van der Waals surface area (Å²) in [6.07, 6.45) is 0. The van der Waals surface area contributed by atoms with Gasteiger partial charge in [-0.05, 0) is 25.1 Å². The van der Waals surface area contributed by atoms with Crippen LogP contribution in [0.5, 0.6) is 11.5 Å². The number of nitrogens with zero attached hydrogens (tertiary/aromatic N) is 2. The lowest BCUT2D eigenvalue weighted by atomic mass is 10.1. The van der Waals surface area contributed by atoms with E-state index in [-0.39, 0.29) is 11.7 Å². The summed E-state index contributed by atoms with van der Waals surface area (Å²) in [5.74, 6) is 0.0345. The highest BCUT2D eigenvalue weighted by Crippen LogP contribution is 2.33. The second-order valence-electron chi connectivity index (χ2n) is 6.87. The Kier molecular flexibility index (Phi) is 7.51. The number of carbonyl (C=O) groups excluding carboxylic acids is 2. The maximum absolute atomic E-state index is 12.9.